The molecule has 25 heavy (non-hydrogen) atoms. The van der Waals surface area contributed by atoms with Crippen molar-refractivity contribution in [3.8, 4) is 0 Å². The second-order valence-electron chi connectivity index (χ2n) is 7.43. The van der Waals surface area contributed by atoms with Gasteiger partial charge in [-0.05, 0) is 42.4 Å². The number of hydrogen-bond acceptors (Lipinski definition) is 2. The van der Waals surface area contributed by atoms with E-state index < -0.39 is 0 Å². The monoisotopic (exact) mass is 326 g/mol. The van der Waals surface area contributed by atoms with Gasteiger partial charge in [0.05, 0.1) is 11.2 Å². The van der Waals surface area contributed by atoms with Gasteiger partial charge in [-0.15, -0.1) is 0 Å². The second-order valence-corrected chi connectivity index (χ2v) is 7.43. The van der Waals surface area contributed by atoms with E-state index in [1.165, 1.54) is 41.5 Å². The Morgan fingerprint density at radius 1 is 0.960 bits per heavy atom. The Kier molecular flexibility index (Phi) is 3.37. The summed E-state index contributed by atoms with van der Waals surface area (Å²) in [6.07, 6.45) is 9.78. The van der Waals surface area contributed by atoms with Crippen LogP contribution in [0.25, 0.3) is 17.0 Å². The van der Waals surface area contributed by atoms with Crippen molar-refractivity contribution in [2.45, 2.75) is 32.2 Å². The maximum absolute atomic E-state index is 4.93. The fraction of sp³-hybridized carbons (Fsp3) is 0.261. The Hall–Kier alpha value is -2.61. The van der Waals surface area contributed by atoms with Crippen molar-refractivity contribution >= 4 is 22.7 Å². The highest BCUT2D eigenvalue weighted by Gasteiger charge is 2.38. The van der Waals surface area contributed by atoms with Crippen molar-refractivity contribution in [2.24, 2.45) is 5.41 Å². The number of anilines is 1. The average molecular weight is 326 g/mol. The fourth-order valence-corrected chi connectivity index (χ4v) is 4.22. The van der Waals surface area contributed by atoms with Gasteiger partial charge in [0, 0.05) is 23.2 Å². The summed E-state index contributed by atoms with van der Waals surface area (Å²) in [6, 6.07) is 19.1. The molecule has 0 aliphatic heterocycles. The Morgan fingerprint density at radius 3 is 2.56 bits per heavy atom. The number of aromatic nitrogens is 1. The molecule has 0 amide bonds. The van der Waals surface area contributed by atoms with Gasteiger partial charge in [-0.2, -0.15) is 0 Å². The minimum Gasteiger partial charge on any atom is -0.380 e. The van der Waals surface area contributed by atoms with E-state index in [1.54, 1.807) is 0 Å². The van der Waals surface area contributed by atoms with Crippen LogP contribution < -0.4 is 5.32 Å². The zero-order valence-electron chi connectivity index (χ0n) is 14.3. The van der Waals surface area contributed by atoms with Gasteiger partial charge >= 0.3 is 0 Å². The number of benzene rings is 2. The lowest BCUT2D eigenvalue weighted by Gasteiger charge is -2.42. The first-order valence-electron chi connectivity index (χ1n) is 9.22. The van der Waals surface area contributed by atoms with Crippen molar-refractivity contribution in [3.05, 3.63) is 77.5 Å². The minimum absolute atomic E-state index is 0.389. The first-order valence-corrected chi connectivity index (χ1v) is 9.22. The molecule has 1 N–H and O–H groups in total. The lowest BCUT2D eigenvalue weighted by molar-refractivity contribution is 0.202. The van der Waals surface area contributed by atoms with Gasteiger partial charge in [-0.1, -0.05) is 61.0 Å². The van der Waals surface area contributed by atoms with E-state index in [0.717, 1.165) is 24.2 Å². The highest BCUT2D eigenvalue weighted by molar-refractivity contribution is 5.95. The standard InChI is InChI=1S/C23H22N2/c1-2-7-17(8-3-1)16-24-22-18-9-4-5-10-20(18)25-21-11-14-23(12-6-13-23)15-19(21)22/h1-5,7-11,14H,6,12-13,15-16H2,(H,24,25). The minimum atomic E-state index is 0.389. The summed E-state index contributed by atoms with van der Waals surface area (Å²) >= 11 is 0. The van der Waals surface area contributed by atoms with Crippen LogP contribution >= 0.6 is 0 Å². The molecule has 0 radical (unpaired) electrons. The molecule has 0 saturated heterocycles. The van der Waals surface area contributed by atoms with Crippen molar-refractivity contribution in [1.82, 2.24) is 4.98 Å². The third-order valence-electron chi connectivity index (χ3n) is 5.81. The summed E-state index contributed by atoms with van der Waals surface area (Å²) in [5.41, 5.74) is 6.59. The van der Waals surface area contributed by atoms with E-state index >= 15 is 0 Å². The molecule has 2 heteroatoms. The number of pyridine rings is 1. The van der Waals surface area contributed by atoms with Gasteiger partial charge in [0.1, 0.15) is 0 Å². The first-order chi connectivity index (χ1) is 12.3. The van der Waals surface area contributed by atoms with Gasteiger partial charge in [-0.25, -0.2) is 4.98 Å². The molecule has 1 heterocycles. The smallest absolute Gasteiger partial charge is 0.0730 e. The van der Waals surface area contributed by atoms with E-state index in [2.05, 4.69) is 72.1 Å². The van der Waals surface area contributed by atoms with Crippen LogP contribution in [0, 0.1) is 5.41 Å². The van der Waals surface area contributed by atoms with E-state index in [-0.39, 0.29) is 0 Å². The molecule has 2 aliphatic rings. The van der Waals surface area contributed by atoms with Crippen molar-refractivity contribution in [3.63, 3.8) is 0 Å². The molecule has 1 spiro atoms. The van der Waals surface area contributed by atoms with Gasteiger partial charge in [-0.3, -0.25) is 0 Å². The average Bonchev–Trinajstić information content (AvgIpc) is 2.64. The SMILES string of the molecule is C1=CC2(CCC2)Cc2c1nc1ccccc1c2NCc1ccccc1. The molecule has 2 aliphatic carbocycles. The third kappa shape index (κ3) is 2.53. The third-order valence-corrected chi connectivity index (χ3v) is 5.81. The van der Waals surface area contributed by atoms with Crippen molar-refractivity contribution in [1.29, 1.82) is 0 Å². The summed E-state index contributed by atoms with van der Waals surface area (Å²) < 4.78 is 0. The molecular formula is C23H22N2. The fourth-order valence-electron chi connectivity index (χ4n) is 4.22. The molecule has 2 nitrogen and oxygen atoms in total. The maximum atomic E-state index is 4.93. The number of nitrogens with one attached hydrogen (secondary N) is 1. The number of hydrogen-bond donors (Lipinski definition) is 1. The van der Waals surface area contributed by atoms with Crippen LogP contribution in [-0.2, 0) is 13.0 Å². The molecule has 2 aromatic carbocycles. The van der Waals surface area contributed by atoms with Gasteiger partial charge < -0.3 is 5.32 Å². The van der Waals surface area contributed by atoms with E-state index in [1.807, 2.05) is 0 Å². The van der Waals surface area contributed by atoms with E-state index in [9.17, 15) is 0 Å². The van der Waals surface area contributed by atoms with Gasteiger partial charge in [0.25, 0.3) is 0 Å². The van der Waals surface area contributed by atoms with Crippen LogP contribution in [0.2, 0.25) is 0 Å². The molecule has 0 atom stereocenters. The number of para-hydroxylation sites is 1. The van der Waals surface area contributed by atoms with Crippen LogP contribution in [0.5, 0.6) is 0 Å². The van der Waals surface area contributed by atoms with E-state index in [4.69, 9.17) is 4.98 Å². The molecule has 0 bridgehead atoms. The van der Waals surface area contributed by atoms with Crippen LogP contribution in [0.4, 0.5) is 5.69 Å². The second kappa shape index (κ2) is 5.73. The Balaban J connectivity index is 1.60. The van der Waals surface area contributed by atoms with Crippen LogP contribution in [0.3, 0.4) is 0 Å². The molecule has 124 valence electrons. The Bertz CT molecular complexity index is 952. The van der Waals surface area contributed by atoms with Crippen LogP contribution in [0.1, 0.15) is 36.1 Å². The van der Waals surface area contributed by atoms with Gasteiger partial charge in [0.2, 0.25) is 0 Å². The topological polar surface area (TPSA) is 24.9 Å². The summed E-state index contributed by atoms with van der Waals surface area (Å²) in [5, 5.41) is 4.98. The largest absolute Gasteiger partial charge is 0.380 e. The van der Waals surface area contributed by atoms with Crippen molar-refractivity contribution < 1.29 is 0 Å². The number of allylic oxidation sites excluding steroid dienone is 1. The summed E-state index contributed by atoms with van der Waals surface area (Å²) in [7, 11) is 0. The zero-order chi connectivity index (χ0) is 16.7. The molecule has 3 aromatic rings. The Labute approximate surface area is 148 Å². The summed E-state index contributed by atoms with van der Waals surface area (Å²) in [4.78, 5) is 4.93. The van der Waals surface area contributed by atoms with Crippen molar-refractivity contribution in [2.75, 3.05) is 5.32 Å². The summed E-state index contributed by atoms with van der Waals surface area (Å²) in [6.45, 7) is 0.845. The van der Waals surface area contributed by atoms with E-state index in [0.29, 0.717) is 5.41 Å². The van der Waals surface area contributed by atoms with Crippen LogP contribution in [-0.4, -0.2) is 4.98 Å². The first kappa shape index (κ1) is 14.7. The molecule has 5 rings (SSSR count). The Morgan fingerprint density at radius 2 is 1.76 bits per heavy atom. The predicted molar refractivity (Wildman–Crippen MR) is 105 cm³/mol. The highest BCUT2D eigenvalue weighted by atomic mass is 14.9. The number of rotatable bonds is 3. The van der Waals surface area contributed by atoms with Gasteiger partial charge in [0.15, 0.2) is 0 Å². The number of nitrogens with zero attached hydrogens (tertiary/aromatic N) is 1. The maximum Gasteiger partial charge on any atom is 0.0730 e. The molecular weight excluding hydrogens is 304 g/mol. The molecule has 1 fully saturated rings. The quantitative estimate of drug-likeness (QED) is 0.679. The molecule has 1 saturated carbocycles. The van der Waals surface area contributed by atoms with Crippen LogP contribution in [0.15, 0.2) is 60.7 Å². The lowest BCUT2D eigenvalue weighted by atomic mass is 9.63. The highest BCUT2D eigenvalue weighted by Crippen LogP contribution is 2.49. The summed E-state index contributed by atoms with van der Waals surface area (Å²) in [5.74, 6) is 0. The lowest BCUT2D eigenvalue weighted by Crippen LogP contribution is -2.32. The normalized spacial score (nSPS) is 17.3. The molecule has 1 aromatic heterocycles. The predicted octanol–water partition coefficient (Wildman–Crippen LogP) is 5.59. The molecule has 0 unspecified atom stereocenters. The zero-order valence-corrected chi connectivity index (χ0v) is 14.3. The number of fused-ring (bicyclic) bond motifs is 2.